The average Bonchev–Trinajstić information content (AvgIpc) is 2.66. The lowest BCUT2D eigenvalue weighted by Gasteiger charge is -2.16. The van der Waals surface area contributed by atoms with E-state index in [1.807, 2.05) is 0 Å². The van der Waals surface area contributed by atoms with Crippen molar-refractivity contribution < 1.29 is 22.6 Å². The highest BCUT2D eigenvalue weighted by Gasteiger charge is 2.36. The largest absolute Gasteiger partial charge is 0.480 e. The molecule has 0 aliphatic heterocycles. The van der Waals surface area contributed by atoms with Crippen LogP contribution in [-0.4, -0.2) is 31.6 Å². The molecule has 0 atom stereocenters. The van der Waals surface area contributed by atoms with Gasteiger partial charge in [-0.25, -0.2) is 4.68 Å². The lowest BCUT2D eigenvalue weighted by atomic mass is 10.4. The van der Waals surface area contributed by atoms with Gasteiger partial charge in [0.2, 0.25) is 5.88 Å². The number of aromatic nitrogens is 2. The van der Waals surface area contributed by atoms with Crippen LogP contribution >= 0.6 is 0 Å². The first-order chi connectivity index (χ1) is 8.63. The molecular formula is C11H19F3N2O2Si. The zero-order valence-electron chi connectivity index (χ0n) is 11.5. The number of ether oxygens (including phenoxy) is 2. The monoisotopic (exact) mass is 296 g/mol. The van der Waals surface area contributed by atoms with Gasteiger partial charge in [-0.05, 0) is 6.04 Å². The molecular weight excluding hydrogens is 277 g/mol. The first kappa shape index (κ1) is 16.0. The van der Waals surface area contributed by atoms with E-state index >= 15 is 0 Å². The summed E-state index contributed by atoms with van der Waals surface area (Å²) in [4.78, 5) is 0. The van der Waals surface area contributed by atoms with Crippen LogP contribution in [0.1, 0.15) is 5.69 Å². The minimum atomic E-state index is -4.47. The maximum absolute atomic E-state index is 12.7. The van der Waals surface area contributed by atoms with Gasteiger partial charge in [0.15, 0.2) is 0 Å². The number of rotatable bonds is 6. The van der Waals surface area contributed by atoms with Crippen LogP contribution in [0.15, 0.2) is 6.07 Å². The van der Waals surface area contributed by atoms with Gasteiger partial charge >= 0.3 is 6.18 Å². The number of hydrogen-bond acceptors (Lipinski definition) is 3. The molecule has 0 aliphatic carbocycles. The highest BCUT2D eigenvalue weighted by atomic mass is 28.3. The maximum atomic E-state index is 12.7. The second-order valence-corrected chi connectivity index (χ2v) is 11.0. The molecule has 0 fully saturated rings. The Bertz CT molecular complexity index is 413. The molecule has 0 bridgehead atoms. The molecule has 0 radical (unpaired) electrons. The fourth-order valence-electron chi connectivity index (χ4n) is 1.35. The molecule has 0 amide bonds. The molecule has 4 nitrogen and oxygen atoms in total. The van der Waals surface area contributed by atoms with Crippen molar-refractivity contribution in [3.63, 3.8) is 0 Å². The normalized spacial score (nSPS) is 12.8. The molecule has 1 heterocycles. The molecule has 0 aliphatic rings. The van der Waals surface area contributed by atoms with E-state index in [4.69, 9.17) is 9.47 Å². The molecule has 110 valence electrons. The minimum absolute atomic E-state index is 0.0684. The number of alkyl halides is 3. The second-order valence-electron chi connectivity index (χ2n) is 5.42. The van der Waals surface area contributed by atoms with Crippen LogP contribution in [0.2, 0.25) is 25.7 Å². The van der Waals surface area contributed by atoms with Crippen molar-refractivity contribution in [1.82, 2.24) is 9.78 Å². The summed E-state index contributed by atoms with van der Waals surface area (Å²) in [5.41, 5.74) is -0.864. The Morgan fingerprint density at radius 1 is 1.32 bits per heavy atom. The van der Waals surface area contributed by atoms with E-state index in [0.29, 0.717) is 6.61 Å². The Kier molecular flexibility index (Phi) is 5.02. The van der Waals surface area contributed by atoms with Crippen LogP contribution in [-0.2, 0) is 17.6 Å². The Balaban J connectivity index is 2.65. The lowest BCUT2D eigenvalue weighted by Crippen LogP contribution is -2.23. The van der Waals surface area contributed by atoms with Gasteiger partial charge in [-0.2, -0.15) is 13.2 Å². The van der Waals surface area contributed by atoms with Gasteiger partial charge in [0.25, 0.3) is 0 Å². The molecule has 0 saturated carbocycles. The molecule has 0 aromatic carbocycles. The summed E-state index contributed by atoms with van der Waals surface area (Å²) in [6, 6.07) is 1.76. The van der Waals surface area contributed by atoms with Crippen molar-refractivity contribution in [2.45, 2.75) is 38.6 Å². The molecule has 0 spiro atoms. The first-order valence-electron chi connectivity index (χ1n) is 5.90. The van der Waals surface area contributed by atoms with Crippen molar-refractivity contribution in [3.8, 4) is 5.88 Å². The van der Waals surface area contributed by atoms with Crippen LogP contribution in [0.3, 0.4) is 0 Å². The second kappa shape index (κ2) is 5.95. The summed E-state index contributed by atoms with van der Waals surface area (Å²) >= 11 is 0. The van der Waals surface area contributed by atoms with E-state index in [1.165, 1.54) is 7.11 Å². The summed E-state index contributed by atoms with van der Waals surface area (Å²) in [6.07, 6.45) is -4.47. The third kappa shape index (κ3) is 5.23. The number of halogens is 3. The molecule has 1 aromatic heterocycles. The molecule has 19 heavy (non-hydrogen) atoms. The van der Waals surface area contributed by atoms with E-state index < -0.39 is 19.9 Å². The Morgan fingerprint density at radius 3 is 2.42 bits per heavy atom. The predicted molar refractivity (Wildman–Crippen MR) is 67.9 cm³/mol. The van der Waals surface area contributed by atoms with Crippen LogP contribution in [0.4, 0.5) is 13.2 Å². The Labute approximate surface area is 111 Å². The van der Waals surface area contributed by atoms with Gasteiger partial charge in [0, 0.05) is 20.7 Å². The van der Waals surface area contributed by atoms with Crippen molar-refractivity contribution in [1.29, 1.82) is 0 Å². The summed E-state index contributed by atoms with van der Waals surface area (Å²) in [7, 11) is 0.0278. The molecule has 1 aromatic rings. The average molecular weight is 296 g/mol. The van der Waals surface area contributed by atoms with Gasteiger partial charge in [-0.1, -0.05) is 19.6 Å². The van der Waals surface area contributed by atoms with Crippen LogP contribution in [0, 0.1) is 0 Å². The van der Waals surface area contributed by atoms with E-state index in [9.17, 15) is 13.2 Å². The van der Waals surface area contributed by atoms with Crippen LogP contribution in [0.25, 0.3) is 0 Å². The van der Waals surface area contributed by atoms with Gasteiger partial charge in [-0.15, -0.1) is 5.10 Å². The van der Waals surface area contributed by atoms with Crippen molar-refractivity contribution in [3.05, 3.63) is 11.8 Å². The van der Waals surface area contributed by atoms with Crippen molar-refractivity contribution in [2.24, 2.45) is 0 Å². The molecule has 0 N–H and O–H groups in total. The Morgan fingerprint density at radius 2 is 1.95 bits per heavy atom. The summed E-state index contributed by atoms with van der Waals surface area (Å²) in [5.74, 6) is -0.0684. The standard InChI is InChI=1S/C11H19F3N2O2Si/c1-17-10-7-9(11(12,13)14)16(15-10)8-18-5-6-19(2,3)4/h7H,5-6,8H2,1-4H3. The van der Waals surface area contributed by atoms with E-state index in [2.05, 4.69) is 24.7 Å². The Hall–Kier alpha value is -1.02. The smallest absolute Gasteiger partial charge is 0.433 e. The van der Waals surface area contributed by atoms with Crippen molar-refractivity contribution in [2.75, 3.05) is 13.7 Å². The predicted octanol–water partition coefficient (Wildman–Crippen LogP) is 3.22. The van der Waals surface area contributed by atoms with Crippen molar-refractivity contribution >= 4 is 8.07 Å². The zero-order valence-corrected chi connectivity index (χ0v) is 12.5. The van der Waals surface area contributed by atoms with Gasteiger partial charge in [-0.3, -0.25) is 0 Å². The highest BCUT2D eigenvalue weighted by Crippen LogP contribution is 2.31. The summed E-state index contributed by atoms with van der Waals surface area (Å²) in [6.45, 7) is 6.75. The molecule has 0 saturated heterocycles. The lowest BCUT2D eigenvalue weighted by molar-refractivity contribution is -0.146. The molecule has 8 heteroatoms. The fourth-order valence-corrected chi connectivity index (χ4v) is 2.11. The van der Waals surface area contributed by atoms with Gasteiger partial charge in [0.05, 0.1) is 7.11 Å². The van der Waals surface area contributed by atoms with Crippen LogP contribution in [0.5, 0.6) is 5.88 Å². The number of hydrogen-bond donors (Lipinski definition) is 0. The summed E-state index contributed by atoms with van der Waals surface area (Å²) < 4.78 is 49.0. The van der Waals surface area contributed by atoms with E-state index in [-0.39, 0.29) is 12.6 Å². The van der Waals surface area contributed by atoms with E-state index in [1.54, 1.807) is 0 Å². The maximum Gasteiger partial charge on any atom is 0.433 e. The number of nitrogens with zero attached hydrogens (tertiary/aromatic N) is 2. The van der Waals surface area contributed by atoms with E-state index in [0.717, 1.165) is 16.8 Å². The third-order valence-electron chi connectivity index (χ3n) is 2.47. The zero-order chi connectivity index (χ0) is 14.7. The van der Waals surface area contributed by atoms with Crippen LogP contribution < -0.4 is 4.74 Å². The minimum Gasteiger partial charge on any atom is -0.480 e. The molecule has 0 unspecified atom stereocenters. The quantitative estimate of drug-likeness (QED) is 0.597. The fraction of sp³-hybridized carbons (Fsp3) is 0.727. The molecule has 1 rings (SSSR count). The first-order valence-corrected chi connectivity index (χ1v) is 9.61. The highest BCUT2D eigenvalue weighted by molar-refractivity contribution is 6.76. The summed E-state index contributed by atoms with van der Waals surface area (Å²) in [5, 5.41) is 3.69. The number of methoxy groups -OCH3 is 1. The topological polar surface area (TPSA) is 36.3 Å². The SMILES string of the molecule is COc1cc(C(F)(F)F)n(COCC[Si](C)(C)C)n1. The third-order valence-corrected chi connectivity index (χ3v) is 4.17. The van der Waals surface area contributed by atoms with Gasteiger partial charge in [0.1, 0.15) is 12.4 Å². The van der Waals surface area contributed by atoms with Gasteiger partial charge < -0.3 is 9.47 Å².